The van der Waals surface area contributed by atoms with Gasteiger partial charge in [0.2, 0.25) is 0 Å². The normalized spacial score (nSPS) is 13.8. The number of ketones is 1. The minimum absolute atomic E-state index is 0.135. The summed E-state index contributed by atoms with van der Waals surface area (Å²) in [5, 5.41) is 0. The molecule has 3 aromatic rings. The molecule has 1 aliphatic rings. The maximum absolute atomic E-state index is 13.1. The summed E-state index contributed by atoms with van der Waals surface area (Å²) in [7, 11) is 2.78. The Morgan fingerprint density at radius 2 is 1.84 bits per heavy atom. The SMILES string of the molecule is COC(=O)c1cc(/C=C2/COc3ccc(OCc4ccccc4)cc3C2=O)ccc1OC. The van der Waals surface area contributed by atoms with Gasteiger partial charge in [-0.2, -0.15) is 0 Å². The van der Waals surface area contributed by atoms with E-state index in [1.54, 1.807) is 42.5 Å². The number of carbonyl (C=O) groups excluding carboxylic acids is 2. The lowest BCUT2D eigenvalue weighted by molar-refractivity contribution is 0.0597. The van der Waals surface area contributed by atoms with Crippen LogP contribution in [0.2, 0.25) is 0 Å². The van der Waals surface area contributed by atoms with Crippen LogP contribution in [-0.4, -0.2) is 32.6 Å². The molecule has 0 radical (unpaired) electrons. The zero-order valence-electron chi connectivity index (χ0n) is 17.8. The lowest BCUT2D eigenvalue weighted by Crippen LogP contribution is -2.19. The fourth-order valence-electron chi connectivity index (χ4n) is 3.43. The molecule has 0 atom stereocenters. The first-order chi connectivity index (χ1) is 15.6. The molecular weight excluding hydrogens is 408 g/mol. The van der Waals surface area contributed by atoms with E-state index in [9.17, 15) is 9.59 Å². The molecule has 3 aromatic carbocycles. The Balaban J connectivity index is 1.57. The van der Waals surface area contributed by atoms with E-state index in [-0.39, 0.29) is 18.0 Å². The number of methoxy groups -OCH3 is 2. The first-order valence-corrected chi connectivity index (χ1v) is 10.0. The van der Waals surface area contributed by atoms with Crippen molar-refractivity contribution in [2.24, 2.45) is 0 Å². The lowest BCUT2D eigenvalue weighted by Gasteiger charge is -2.20. The quantitative estimate of drug-likeness (QED) is 0.416. The summed E-state index contributed by atoms with van der Waals surface area (Å²) in [5.41, 5.74) is 2.89. The molecule has 0 spiro atoms. The Morgan fingerprint density at radius 1 is 1.03 bits per heavy atom. The topological polar surface area (TPSA) is 71.1 Å². The van der Waals surface area contributed by atoms with Gasteiger partial charge in [0.25, 0.3) is 0 Å². The summed E-state index contributed by atoms with van der Waals surface area (Å²) < 4.78 is 21.7. The average Bonchev–Trinajstić information content (AvgIpc) is 2.84. The number of hydrogen-bond donors (Lipinski definition) is 0. The van der Waals surface area contributed by atoms with E-state index in [4.69, 9.17) is 18.9 Å². The third-order valence-corrected chi connectivity index (χ3v) is 5.09. The molecule has 0 aromatic heterocycles. The Hall–Kier alpha value is -4.06. The number of benzene rings is 3. The van der Waals surface area contributed by atoms with Gasteiger partial charge in [0.15, 0.2) is 5.78 Å². The molecule has 1 heterocycles. The first-order valence-electron chi connectivity index (χ1n) is 10.0. The van der Waals surface area contributed by atoms with Gasteiger partial charge >= 0.3 is 5.97 Å². The fraction of sp³-hybridized carbons (Fsp3) is 0.154. The minimum Gasteiger partial charge on any atom is -0.496 e. The van der Waals surface area contributed by atoms with E-state index in [1.165, 1.54) is 14.2 Å². The van der Waals surface area contributed by atoms with Crippen LogP contribution >= 0.6 is 0 Å². The monoisotopic (exact) mass is 430 g/mol. The van der Waals surface area contributed by atoms with Crippen LogP contribution in [0.25, 0.3) is 6.08 Å². The van der Waals surface area contributed by atoms with Gasteiger partial charge in [0.05, 0.1) is 19.8 Å². The minimum atomic E-state index is -0.515. The highest BCUT2D eigenvalue weighted by Gasteiger charge is 2.24. The maximum Gasteiger partial charge on any atom is 0.341 e. The third-order valence-electron chi connectivity index (χ3n) is 5.09. The molecule has 0 saturated carbocycles. The van der Waals surface area contributed by atoms with E-state index in [0.29, 0.717) is 40.6 Å². The molecule has 6 nitrogen and oxygen atoms in total. The van der Waals surface area contributed by atoms with Crippen LogP contribution in [0.3, 0.4) is 0 Å². The Kier molecular flexibility index (Phi) is 6.22. The predicted molar refractivity (Wildman–Crippen MR) is 119 cm³/mol. The summed E-state index contributed by atoms with van der Waals surface area (Å²) >= 11 is 0. The number of hydrogen-bond acceptors (Lipinski definition) is 6. The van der Waals surface area contributed by atoms with Gasteiger partial charge in [-0.15, -0.1) is 0 Å². The summed E-state index contributed by atoms with van der Waals surface area (Å²) in [5.74, 6) is 0.842. The van der Waals surface area contributed by atoms with Crippen molar-refractivity contribution in [3.63, 3.8) is 0 Å². The van der Waals surface area contributed by atoms with Crippen molar-refractivity contribution in [3.8, 4) is 17.2 Å². The van der Waals surface area contributed by atoms with E-state index in [1.807, 2.05) is 30.3 Å². The molecule has 0 aliphatic carbocycles. The van der Waals surface area contributed by atoms with Gasteiger partial charge in [-0.05, 0) is 47.5 Å². The Bertz CT molecular complexity index is 1180. The summed E-state index contributed by atoms with van der Waals surface area (Å²) in [6.45, 7) is 0.537. The van der Waals surface area contributed by atoms with Gasteiger partial charge < -0.3 is 18.9 Å². The van der Waals surface area contributed by atoms with Gasteiger partial charge in [0.1, 0.15) is 36.0 Å². The molecule has 6 heteroatoms. The van der Waals surface area contributed by atoms with E-state index in [2.05, 4.69) is 0 Å². The molecule has 0 saturated heterocycles. The molecule has 4 rings (SSSR count). The molecule has 32 heavy (non-hydrogen) atoms. The molecule has 1 aliphatic heterocycles. The van der Waals surface area contributed by atoms with Crippen LogP contribution in [0.4, 0.5) is 0 Å². The van der Waals surface area contributed by atoms with Crippen LogP contribution < -0.4 is 14.2 Å². The molecule has 0 N–H and O–H groups in total. The largest absolute Gasteiger partial charge is 0.496 e. The second-order valence-electron chi connectivity index (χ2n) is 7.17. The highest BCUT2D eigenvalue weighted by Crippen LogP contribution is 2.32. The van der Waals surface area contributed by atoms with Crippen LogP contribution in [-0.2, 0) is 11.3 Å². The zero-order valence-corrected chi connectivity index (χ0v) is 17.8. The lowest BCUT2D eigenvalue weighted by atomic mass is 9.97. The van der Waals surface area contributed by atoms with E-state index in [0.717, 1.165) is 5.56 Å². The van der Waals surface area contributed by atoms with Gasteiger partial charge in [-0.1, -0.05) is 36.4 Å². The summed E-state index contributed by atoms with van der Waals surface area (Å²) in [6, 6.07) is 20.1. The highest BCUT2D eigenvalue weighted by atomic mass is 16.5. The van der Waals surface area contributed by atoms with Gasteiger partial charge in [0, 0.05) is 5.57 Å². The molecule has 0 unspecified atom stereocenters. The first kappa shape index (κ1) is 21.2. The van der Waals surface area contributed by atoms with Crippen molar-refractivity contribution in [1.29, 1.82) is 0 Å². The second-order valence-corrected chi connectivity index (χ2v) is 7.17. The second kappa shape index (κ2) is 9.39. The van der Waals surface area contributed by atoms with Crippen LogP contribution in [0.15, 0.2) is 72.3 Å². The fourth-order valence-corrected chi connectivity index (χ4v) is 3.43. The molecule has 162 valence electrons. The van der Waals surface area contributed by atoms with Crippen molar-refractivity contribution < 1.29 is 28.5 Å². The average molecular weight is 430 g/mol. The van der Waals surface area contributed by atoms with Crippen LogP contribution in [0, 0.1) is 0 Å². The number of fused-ring (bicyclic) bond motifs is 1. The number of esters is 1. The molecule has 0 bridgehead atoms. The Morgan fingerprint density at radius 3 is 2.59 bits per heavy atom. The number of rotatable bonds is 6. The molecule has 0 fully saturated rings. The number of carbonyl (C=O) groups is 2. The zero-order chi connectivity index (χ0) is 22.5. The van der Waals surface area contributed by atoms with Crippen molar-refractivity contribution in [2.45, 2.75) is 6.61 Å². The Labute approximate surface area is 186 Å². The van der Waals surface area contributed by atoms with Crippen LogP contribution in [0.1, 0.15) is 31.8 Å². The standard InChI is InChI=1S/C26H22O6/c1-29-23-10-8-18(13-22(23)26(28)30-2)12-19-16-32-24-11-9-20(14-21(24)25(19)27)31-15-17-6-4-3-5-7-17/h3-14H,15-16H2,1-2H3/b19-12-. The number of ether oxygens (including phenoxy) is 4. The maximum atomic E-state index is 13.1. The molecule has 0 amide bonds. The smallest absolute Gasteiger partial charge is 0.341 e. The van der Waals surface area contributed by atoms with E-state index >= 15 is 0 Å². The number of Topliss-reactive ketones (excluding diaryl/α,β-unsaturated/α-hetero) is 1. The summed E-state index contributed by atoms with van der Waals surface area (Å²) in [6.07, 6.45) is 1.70. The predicted octanol–water partition coefficient (Wildman–Crippen LogP) is 4.72. The van der Waals surface area contributed by atoms with E-state index < -0.39 is 5.97 Å². The highest BCUT2D eigenvalue weighted by molar-refractivity contribution is 6.14. The van der Waals surface area contributed by atoms with Crippen molar-refractivity contribution in [2.75, 3.05) is 20.8 Å². The van der Waals surface area contributed by atoms with Crippen molar-refractivity contribution >= 4 is 17.8 Å². The van der Waals surface area contributed by atoms with Gasteiger partial charge in [-0.3, -0.25) is 4.79 Å². The summed E-state index contributed by atoms with van der Waals surface area (Å²) in [4.78, 5) is 25.2. The van der Waals surface area contributed by atoms with Crippen LogP contribution in [0.5, 0.6) is 17.2 Å². The third kappa shape index (κ3) is 4.49. The van der Waals surface area contributed by atoms with Gasteiger partial charge in [-0.25, -0.2) is 4.79 Å². The van der Waals surface area contributed by atoms with Crippen molar-refractivity contribution in [1.82, 2.24) is 0 Å². The van der Waals surface area contributed by atoms with Crippen molar-refractivity contribution in [3.05, 3.63) is 94.6 Å². The molecular formula is C26H22O6.